The molecule has 0 aliphatic carbocycles. The predicted molar refractivity (Wildman–Crippen MR) is 132 cm³/mol. The lowest BCUT2D eigenvalue weighted by Crippen LogP contribution is -2.10. The van der Waals surface area contributed by atoms with Crippen LogP contribution in [-0.2, 0) is 17.9 Å². The summed E-state index contributed by atoms with van der Waals surface area (Å²) in [5, 5.41) is 29.4. The summed E-state index contributed by atoms with van der Waals surface area (Å²) in [6.07, 6.45) is 0. The van der Waals surface area contributed by atoms with Gasteiger partial charge in [-0.3, -0.25) is 24.5 Å². The number of esters is 1. The van der Waals surface area contributed by atoms with Crippen LogP contribution in [0, 0.1) is 10.1 Å². The third kappa shape index (κ3) is 5.29. The van der Waals surface area contributed by atoms with E-state index in [0.29, 0.717) is 44.9 Å². The summed E-state index contributed by atoms with van der Waals surface area (Å²) in [6.45, 7) is 1.27. The quantitative estimate of drug-likeness (QED) is 0.189. The van der Waals surface area contributed by atoms with Crippen molar-refractivity contribution in [3.05, 3.63) is 111 Å². The van der Waals surface area contributed by atoms with Gasteiger partial charge < -0.3 is 9.84 Å². The largest absolute Gasteiger partial charge is 0.427 e. The molecule has 182 valence electrons. The van der Waals surface area contributed by atoms with E-state index in [1.165, 1.54) is 19.1 Å². The molecule has 10 nitrogen and oxygen atoms in total. The minimum atomic E-state index is -0.463. The molecular formula is C25H20ClN5O5. The number of aromatic nitrogens is 3. The highest BCUT2D eigenvalue weighted by atomic mass is 35.5. The number of para-hydroxylation sites is 1. The van der Waals surface area contributed by atoms with Crippen molar-refractivity contribution in [1.82, 2.24) is 14.8 Å². The second-order valence-corrected chi connectivity index (χ2v) is 7.94. The van der Waals surface area contributed by atoms with Crippen LogP contribution in [0.4, 0.5) is 5.69 Å². The van der Waals surface area contributed by atoms with Crippen LogP contribution in [0.1, 0.15) is 29.7 Å². The number of halogens is 1. The molecule has 11 heteroatoms. The normalized spacial score (nSPS) is 11.7. The van der Waals surface area contributed by atoms with Gasteiger partial charge in [-0.05, 0) is 24.3 Å². The number of carbonyl (C=O) groups is 1. The van der Waals surface area contributed by atoms with Crippen LogP contribution in [0.5, 0.6) is 5.75 Å². The van der Waals surface area contributed by atoms with Crippen molar-refractivity contribution in [3.8, 4) is 11.4 Å². The van der Waals surface area contributed by atoms with Crippen LogP contribution in [0.15, 0.2) is 77.8 Å². The van der Waals surface area contributed by atoms with Gasteiger partial charge in [0.05, 0.1) is 16.3 Å². The van der Waals surface area contributed by atoms with E-state index >= 15 is 0 Å². The number of hydrogen-bond acceptors (Lipinski definition) is 8. The molecule has 0 radical (unpaired) electrons. The molecule has 1 aliphatic rings. The number of nitro benzene ring substituents is 1. The highest BCUT2D eigenvalue weighted by Gasteiger charge is 2.25. The van der Waals surface area contributed by atoms with Crippen LogP contribution in [0.3, 0.4) is 0 Å². The van der Waals surface area contributed by atoms with Crippen molar-refractivity contribution in [2.24, 2.45) is 4.99 Å². The molecule has 4 aromatic rings. The van der Waals surface area contributed by atoms with E-state index in [9.17, 15) is 20.0 Å². The van der Waals surface area contributed by atoms with Gasteiger partial charge in [0.1, 0.15) is 18.9 Å². The molecule has 0 amide bonds. The second-order valence-electron chi connectivity index (χ2n) is 7.54. The van der Waals surface area contributed by atoms with Gasteiger partial charge in [-0.15, -0.1) is 10.2 Å². The first kappa shape index (κ1) is 24.7. The van der Waals surface area contributed by atoms with Crippen molar-refractivity contribution in [2.45, 2.75) is 20.1 Å². The molecule has 1 aromatic heterocycles. The number of ether oxygens (including phenoxy) is 1. The van der Waals surface area contributed by atoms with Gasteiger partial charge in [0.2, 0.25) is 0 Å². The molecule has 0 bridgehead atoms. The Bertz CT molecular complexity index is 1450. The Balaban J connectivity index is 0.000000256. The van der Waals surface area contributed by atoms with Gasteiger partial charge in [-0.1, -0.05) is 48.0 Å². The smallest absolute Gasteiger partial charge is 0.308 e. The first-order chi connectivity index (χ1) is 17.4. The lowest BCUT2D eigenvalue weighted by molar-refractivity contribution is -0.384. The molecule has 3 aromatic carbocycles. The minimum Gasteiger partial charge on any atom is -0.427 e. The molecule has 0 saturated carbocycles. The fraction of sp³-hybridized carbons (Fsp3) is 0.120. The standard InChI is InChI=1S/C17H12ClN5O3.C8H8O2/c18-13-4-2-1-3-11(13)17-12-7-10(23(25)26)5-6-14(12)22-15(8-19-17)20-21-16(22)9-24;1-7(9)10-8-5-3-2-4-6-8/h1-7,24H,8-9H2;2-6H,1H3. The number of aliphatic hydroxyl groups excluding tert-OH is 1. The second kappa shape index (κ2) is 10.9. The number of hydrogen-bond donors (Lipinski definition) is 1. The first-order valence-electron chi connectivity index (χ1n) is 10.7. The summed E-state index contributed by atoms with van der Waals surface area (Å²) >= 11 is 6.33. The summed E-state index contributed by atoms with van der Waals surface area (Å²) in [4.78, 5) is 25.8. The Morgan fingerprint density at radius 2 is 1.81 bits per heavy atom. The van der Waals surface area contributed by atoms with Crippen molar-refractivity contribution in [3.63, 3.8) is 0 Å². The molecule has 0 saturated heterocycles. The van der Waals surface area contributed by atoms with Crippen LogP contribution < -0.4 is 4.74 Å². The summed E-state index contributed by atoms with van der Waals surface area (Å²) in [5.41, 5.74) is 2.27. The summed E-state index contributed by atoms with van der Waals surface area (Å²) in [5.74, 6) is 1.18. The monoisotopic (exact) mass is 505 g/mol. The van der Waals surface area contributed by atoms with Crippen LogP contribution >= 0.6 is 11.6 Å². The van der Waals surface area contributed by atoms with Gasteiger partial charge in [0.15, 0.2) is 11.6 Å². The summed E-state index contributed by atoms with van der Waals surface area (Å²) < 4.78 is 6.45. The maximum atomic E-state index is 11.3. The molecule has 0 spiro atoms. The number of carbonyl (C=O) groups excluding carboxylic acids is 1. The number of nitro groups is 1. The minimum absolute atomic E-state index is 0.0643. The van der Waals surface area contributed by atoms with Crippen molar-refractivity contribution in [1.29, 1.82) is 0 Å². The van der Waals surface area contributed by atoms with E-state index in [1.807, 2.05) is 30.3 Å². The average molecular weight is 506 g/mol. The number of aliphatic hydroxyl groups is 1. The molecule has 0 unspecified atom stereocenters. The zero-order valence-corrected chi connectivity index (χ0v) is 19.8. The van der Waals surface area contributed by atoms with Crippen molar-refractivity contribution < 1.29 is 19.6 Å². The van der Waals surface area contributed by atoms with Crippen LogP contribution in [0.25, 0.3) is 5.69 Å². The van der Waals surface area contributed by atoms with Gasteiger partial charge in [-0.2, -0.15) is 0 Å². The molecule has 5 rings (SSSR count). The molecule has 2 heterocycles. The van der Waals surface area contributed by atoms with E-state index in [4.69, 9.17) is 16.3 Å². The predicted octanol–water partition coefficient (Wildman–Crippen LogP) is 4.28. The zero-order chi connectivity index (χ0) is 25.7. The van der Waals surface area contributed by atoms with Gasteiger partial charge >= 0.3 is 5.97 Å². The lowest BCUT2D eigenvalue weighted by atomic mass is 9.99. The van der Waals surface area contributed by atoms with Gasteiger partial charge in [0, 0.05) is 35.2 Å². The Morgan fingerprint density at radius 3 is 2.47 bits per heavy atom. The molecule has 0 atom stereocenters. The first-order valence-corrected chi connectivity index (χ1v) is 11.1. The summed E-state index contributed by atoms with van der Waals surface area (Å²) in [7, 11) is 0. The Hall–Kier alpha value is -4.41. The molecule has 1 N–H and O–H groups in total. The molecule has 0 fully saturated rings. The summed E-state index contributed by atoms with van der Waals surface area (Å²) in [6, 6.07) is 20.6. The maximum Gasteiger partial charge on any atom is 0.308 e. The van der Waals surface area contributed by atoms with E-state index in [2.05, 4.69) is 15.2 Å². The number of non-ortho nitro benzene ring substituents is 1. The fourth-order valence-electron chi connectivity index (χ4n) is 3.63. The maximum absolute atomic E-state index is 11.3. The van der Waals surface area contributed by atoms with Crippen molar-refractivity contribution >= 4 is 29.0 Å². The Kier molecular flexibility index (Phi) is 7.47. The lowest BCUT2D eigenvalue weighted by Gasteiger charge is -2.13. The molecule has 36 heavy (non-hydrogen) atoms. The number of nitrogens with zero attached hydrogens (tertiary/aromatic N) is 5. The van der Waals surface area contributed by atoms with E-state index in [-0.39, 0.29) is 24.8 Å². The van der Waals surface area contributed by atoms with Crippen molar-refractivity contribution in [2.75, 3.05) is 0 Å². The Morgan fingerprint density at radius 1 is 1.08 bits per heavy atom. The Labute approximate surface area is 210 Å². The molecule has 1 aliphatic heterocycles. The highest BCUT2D eigenvalue weighted by Crippen LogP contribution is 2.31. The zero-order valence-electron chi connectivity index (χ0n) is 19.0. The van der Waals surface area contributed by atoms with Gasteiger partial charge in [-0.25, -0.2) is 0 Å². The van der Waals surface area contributed by atoms with Crippen LogP contribution in [0.2, 0.25) is 5.02 Å². The van der Waals surface area contributed by atoms with E-state index < -0.39 is 4.92 Å². The van der Waals surface area contributed by atoms with E-state index in [1.54, 1.807) is 34.9 Å². The third-order valence-corrected chi connectivity index (χ3v) is 5.47. The number of aliphatic imine (C=N–C) groups is 1. The number of fused-ring (bicyclic) bond motifs is 3. The number of benzene rings is 3. The van der Waals surface area contributed by atoms with Gasteiger partial charge in [0.25, 0.3) is 5.69 Å². The fourth-order valence-corrected chi connectivity index (χ4v) is 3.86. The van der Waals surface area contributed by atoms with E-state index in [0.717, 1.165) is 0 Å². The number of rotatable bonds is 4. The SMILES string of the molecule is CC(=O)Oc1ccccc1.O=[N+]([O-])c1ccc2c(c1)C(c1ccccc1Cl)=NCc1nnc(CO)n1-2. The molecular weight excluding hydrogens is 486 g/mol. The average Bonchev–Trinajstić information content (AvgIpc) is 3.21. The highest BCUT2D eigenvalue weighted by molar-refractivity contribution is 6.35. The third-order valence-electron chi connectivity index (χ3n) is 5.14. The van der Waals surface area contributed by atoms with Crippen LogP contribution in [-0.4, -0.2) is 36.5 Å². The topological polar surface area (TPSA) is 133 Å².